The molecular formula is C26H22O. The highest BCUT2D eigenvalue weighted by Crippen LogP contribution is 2.42. The van der Waals surface area contributed by atoms with Crippen molar-refractivity contribution in [3.8, 4) is 33.4 Å². The van der Waals surface area contributed by atoms with Crippen LogP contribution in [-0.2, 0) is 0 Å². The second-order valence-electron chi connectivity index (χ2n) is 6.72. The third-order valence-electron chi connectivity index (χ3n) is 4.90. The first-order valence-electron chi connectivity index (χ1n) is 9.27. The molecule has 1 heteroatoms. The topological polar surface area (TPSA) is 20.2 Å². The van der Waals surface area contributed by atoms with Crippen molar-refractivity contribution >= 4 is 0 Å². The lowest BCUT2D eigenvalue weighted by Gasteiger charge is -2.22. The van der Waals surface area contributed by atoms with Gasteiger partial charge < -0.3 is 5.11 Å². The lowest BCUT2D eigenvalue weighted by atomic mass is 9.84. The number of aliphatic hydroxyl groups is 1. The van der Waals surface area contributed by atoms with Crippen molar-refractivity contribution in [1.82, 2.24) is 0 Å². The fourth-order valence-electron chi connectivity index (χ4n) is 3.70. The Bertz CT molecular complexity index is 1020. The van der Waals surface area contributed by atoms with Gasteiger partial charge >= 0.3 is 0 Å². The van der Waals surface area contributed by atoms with Gasteiger partial charge in [0, 0.05) is 0 Å². The largest absolute Gasteiger partial charge is 0.389 e. The second kappa shape index (κ2) is 7.61. The van der Waals surface area contributed by atoms with Crippen LogP contribution in [0.5, 0.6) is 0 Å². The lowest BCUT2D eigenvalue weighted by molar-refractivity contribution is 0.200. The van der Waals surface area contributed by atoms with Crippen LogP contribution in [0.15, 0.2) is 103 Å². The third-order valence-corrected chi connectivity index (χ3v) is 4.90. The van der Waals surface area contributed by atoms with E-state index >= 15 is 0 Å². The quantitative estimate of drug-likeness (QED) is 0.432. The average molecular weight is 350 g/mol. The van der Waals surface area contributed by atoms with Gasteiger partial charge in [-0.1, -0.05) is 103 Å². The molecule has 0 spiro atoms. The van der Waals surface area contributed by atoms with Crippen LogP contribution in [0.1, 0.15) is 18.6 Å². The molecule has 0 radical (unpaired) electrons. The highest BCUT2D eigenvalue weighted by Gasteiger charge is 2.20. The summed E-state index contributed by atoms with van der Waals surface area (Å²) in [5.41, 5.74) is 7.65. The van der Waals surface area contributed by atoms with Crippen LogP contribution in [0.2, 0.25) is 0 Å². The zero-order valence-corrected chi connectivity index (χ0v) is 15.3. The molecule has 1 nitrogen and oxygen atoms in total. The molecule has 0 amide bonds. The van der Waals surface area contributed by atoms with E-state index in [0.29, 0.717) is 0 Å². The molecule has 0 aliphatic heterocycles. The molecule has 0 unspecified atom stereocenters. The van der Waals surface area contributed by atoms with Gasteiger partial charge in [0.2, 0.25) is 0 Å². The molecule has 27 heavy (non-hydrogen) atoms. The van der Waals surface area contributed by atoms with E-state index in [1.54, 1.807) is 0 Å². The Hall–Kier alpha value is -3.16. The van der Waals surface area contributed by atoms with E-state index in [0.717, 1.165) is 38.9 Å². The van der Waals surface area contributed by atoms with Crippen LogP contribution in [0.25, 0.3) is 33.4 Å². The van der Waals surface area contributed by atoms with Gasteiger partial charge in [0.1, 0.15) is 0 Å². The fourth-order valence-corrected chi connectivity index (χ4v) is 3.70. The summed E-state index contributed by atoms with van der Waals surface area (Å²) in [5, 5.41) is 10.8. The van der Waals surface area contributed by atoms with Crippen molar-refractivity contribution in [2.45, 2.75) is 13.0 Å². The molecule has 132 valence electrons. The molecule has 0 fully saturated rings. The van der Waals surface area contributed by atoms with Crippen LogP contribution < -0.4 is 0 Å². The Balaban J connectivity index is 2.07. The number of hydrogen-bond acceptors (Lipinski definition) is 1. The molecule has 0 aliphatic rings. The Labute approximate surface area is 160 Å². The van der Waals surface area contributed by atoms with Crippen molar-refractivity contribution < 1.29 is 5.11 Å². The van der Waals surface area contributed by atoms with Gasteiger partial charge in [0.05, 0.1) is 6.10 Å². The van der Waals surface area contributed by atoms with E-state index in [-0.39, 0.29) is 0 Å². The molecule has 0 heterocycles. The van der Waals surface area contributed by atoms with E-state index in [4.69, 9.17) is 0 Å². The predicted octanol–water partition coefficient (Wildman–Crippen LogP) is 6.74. The van der Waals surface area contributed by atoms with Gasteiger partial charge in [0.15, 0.2) is 0 Å². The molecule has 0 saturated carbocycles. The van der Waals surface area contributed by atoms with E-state index < -0.39 is 6.10 Å². The van der Waals surface area contributed by atoms with Gasteiger partial charge in [-0.05, 0) is 45.9 Å². The molecule has 1 N–H and O–H groups in total. The molecule has 0 aromatic heterocycles. The third kappa shape index (κ3) is 3.42. The Morgan fingerprint density at radius 3 is 1.41 bits per heavy atom. The monoisotopic (exact) mass is 350 g/mol. The predicted molar refractivity (Wildman–Crippen MR) is 113 cm³/mol. The normalized spacial score (nSPS) is 11.9. The van der Waals surface area contributed by atoms with Crippen molar-refractivity contribution in [2.24, 2.45) is 0 Å². The molecular weight excluding hydrogens is 328 g/mol. The lowest BCUT2D eigenvalue weighted by Crippen LogP contribution is -2.01. The van der Waals surface area contributed by atoms with Gasteiger partial charge in [0.25, 0.3) is 0 Å². The van der Waals surface area contributed by atoms with Gasteiger partial charge in [-0.3, -0.25) is 0 Å². The summed E-state index contributed by atoms with van der Waals surface area (Å²) in [6.07, 6.45) is -0.584. The molecule has 1 atom stereocenters. The fraction of sp³-hybridized carbons (Fsp3) is 0.0769. The van der Waals surface area contributed by atoms with Crippen molar-refractivity contribution in [3.05, 3.63) is 109 Å². The molecule has 0 saturated heterocycles. The average Bonchev–Trinajstić information content (AvgIpc) is 2.74. The highest BCUT2D eigenvalue weighted by molar-refractivity contribution is 5.91. The van der Waals surface area contributed by atoms with E-state index in [1.807, 2.05) is 49.4 Å². The number of rotatable bonds is 4. The SMILES string of the molecule is C[C@H](O)c1c(-c2ccccc2)ccc(-c2ccccc2)c1-c1ccccc1. The smallest absolute Gasteiger partial charge is 0.0774 e. The molecule has 0 bridgehead atoms. The van der Waals surface area contributed by atoms with Crippen LogP contribution in [0, 0.1) is 0 Å². The second-order valence-corrected chi connectivity index (χ2v) is 6.72. The minimum Gasteiger partial charge on any atom is -0.389 e. The summed E-state index contributed by atoms with van der Waals surface area (Å²) in [6, 6.07) is 35.3. The van der Waals surface area contributed by atoms with E-state index in [1.165, 1.54) is 0 Å². The summed E-state index contributed by atoms with van der Waals surface area (Å²) >= 11 is 0. The first-order valence-corrected chi connectivity index (χ1v) is 9.27. The minimum atomic E-state index is -0.584. The summed E-state index contributed by atoms with van der Waals surface area (Å²) in [6.45, 7) is 1.85. The molecule has 4 rings (SSSR count). The summed E-state index contributed by atoms with van der Waals surface area (Å²) in [4.78, 5) is 0. The number of aliphatic hydroxyl groups excluding tert-OH is 1. The Kier molecular flexibility index (Phi) is 4.86. The summed E-state index contributed by atoms with van der Waals surface area (Å²) in [5.74, 6) is 0. The van der Waals surface area contributed by atoms with Crippen molar-refractivity contribution in [3.63, 3.8) is 0 Å². The van der Waals surface area contributed by atoms with Crippen molar-refractivity contribution in [2.75, 3.05) is 0 Å². The Morgan fingerprint density at radius 2 is 0.926 bits per heavy atom. The molecule has 4 aromatic rings. The highest BCUT2D eigenvalue weighted by atomic mass is 16.3. The van der Waals surface area contributed by atoms with Gasteiger partial charge in [-0.15, -0.1) is 0 Å². The summed E-state index contributed by atoms with van der Waals surface area (Å²) in [7, 11) is 0. The standard InChI is InChI=1S/C26H22O/c1-19(27)25-23(20-11-5-2-6-12-20)17-18-24(21-13-7-3-8-14-21)26(25)22-15-9-4-10-16-22/h2-19,27H,1H3/t19-/m0/s1. The molecule has 4 aromatic carbocycles. The number of benzene rings is 4. The van der Waals surface area contributed by atoms with E-state index in [9.17, 15) is 5.11 Å². The first-order chi connectivity index (χ1) is 13.3. The van der Waals surface area contributed by atoms with E-state index in [2.05, 4.69) is 60.7 Å². The van der Waals surface area contributed by atoms with Crippen LogP contribution in [0.3, 0.4) is 0 Å². The maximum absolute atomic E-state index is 10.8. The first kappa shape index (κ1) is 17.3. The van der Waals surface area contributed by atoms with Gasteiger partial charge in [-0.2, -0.15) is 0 Å². The maximum atomic E-state index is 10.8. The van der Waals surface area contributed by atoms with Gasteiger partial charge in [-0.25, -0.2) is 0 Å². The zero-order valence-electron chi connectivity index (χ0n) is 15.3. The number of hydrogen-bond donors (Lipinski definition) is 1. The van der Waals surface area contributed by atoms with Crippen LogP contribution >= 0.6 is 0 Å². The van der Waals surface area contributed by atoms with Crippen molar-refractivity contribution in [1.29, 1.82) is 0 Å². The maximum Gasteiger partial charge on any atom is 0.0774 e. The van der Waals surface area contributed by atoms with Crippen LogP contribution in [0.4, 0.5) is 0 Å². The molecule has 0 aliphatic carbocycles. The van der Waals surface area contributed by atoms with Crippen LogP contribution in [-0.4, -0.2) is 5.11 Å². The zero-order chi connectivity index (χ0) is 18.6. The minimum absolute atomic E-state index is 0.584. The Morgan fingerprint density at radius 1 is 0.519 bits per heavy atom. The summed E-state index contributed by atoms with van der Waals surface area (Å²) < 4.78 is 0.